The molecule has 5 rings (SSSR count). The highest BCUT2D eigenvalue weighted by molar-refractivity contribution is 6.02. The molecule has 0 radical (unpaired) electrons. The van der Waals surface area contributed by atoms with Crippen LogP contribution in [0.3, 0.4) is 0 Å². The number of ketones is 1. The summed E-state index contributed by atoms with van der Waals surface area (Å²) < 4.78 is 5.80. The summed E-state index contributed by atoms with van der Waals surface area (Å²) in [5.74, 6) is 0.591. The fourth-order valence-corrected chi connectivity index (χ4v) is 4.58. The van der Waals surface area contributed by atoms with Gasteiger partial charge in [0.1, 0.15) is 12.4 Å². The minimum Gasteiger partial charge on any atom is -0.491 e. The van der Waals surface area contributed by atoms with Crippen LogP contribution in [0, 0.1) is 5.92 Å². The molecule has 31 heavy (non-hydrogen) atoms. The van der Waals surface area contributed by atoms with Crippen LogP contribution in [0.25, 0.3) is 0 Å². The van der Waals surface area contributed by atoms with Crippen LogP contribution in [-0.2, 0) is 13.0 Å². The third-order valence-corrected chi connectivity index (χ3v) is 6.46. The molecule has 2 aromatic carbocycles. The van der Waals surface area contributed by atoms with Gasteiger partial charge in [0, 0.05) is 37.7 Å². The van der Waals surface area contributed by atoms with Crippen molar-refractivity contribution in [1.29, 1.82) is 0 Å². The Morgan fingerprint density at radius 1 is 1.10 bits per heavy atom. The van der Waals surface area contributed by atoms with Gasteiger partial charge in [0.05, 0.1) is 18.2 Å². The minimum absolute atomic E-state index is 0.132. The molecule has 2 aliphatic heterocycles. The first-order chi connectivity index (χ1) is 15.1. The number of ether oxygens (including phenoxy) is 1. The first-order valence-corrected chi connectivity index (χ1v) is 11.2. The molecule has 0 spiro atoms. The van der Waals surface area contributed by atoms with Gasteiger partial charge in [-0.15, -0.1) is 0 Å². The lowest BCUT2D eigenvalue weighted by Gasteiger charge is -2.32. The minimum atomic E-state index is -0.633. The van der Waals surface area contributed by atoms with E-state index < -0.39 is 6.10 Å². The lowest BCUT2D eigenvalue weighted by atomic mass is 10.00. The summed E-state index contributed by atoms with van der Waals surface area (Å²) in [5.41, 5.74) is 3.77. The Kier molecular flexibility index (Phi) is 5.50. The van der Waals surface area contributed by atoms with Gasteiger partial charge >= 0.3 is 0 Å². The van der Waals surface area contributed by atoms with E-state index in [2.05, 4.69) is 29.2 Å². The second-order valence-electron chi connectivity index (χ2n) is 8.86. The quantitative estimate of drug-likeness (QED) is 0.728. The molecular weight excluding hydrogens is 392 g/mol. The van der Waals surface area contributed by atoms with Crippen LogP contribution in [0.5, 0.6) is 5.75 Å². The fraction of sp³-hybridized carbons (Fsp3) is 0.440. The van der Waals surface area contributed by atoms with Gasteiger partial charge in [-0.05, 0) is 42.5 Å². The number of β-amino-alcohol motifs (C(OH)–C–C–N with tert-alkyl or cyclic N) is 1. The predicted octanol–water partition coefficient (Wildman–Crippen LogP) is 2.53. The zero-order valence-electron chi connectivity index (χ0n) is 17.6. The second-order valence-corrected chi connectivity index (χ2v) is 8.86. The summed E-state index contributed by atoms with van der Waals surface area (Å²) in [6.45, 7) is 3.29. The van der Waals surface area contributed by atoms with E-state index in [0.29, 0.717) is 36.6 Å². The van der Waals surface area contributed by atoms with Gasteiger partial charge < -0.3 is 14.7 Å². The van der Waals surface area contributed by atoms with Gasteiger partial charge in [-0.1, -0.05) is 30.3 Å². The summed E-state index contributed by atoms with van der Waals surface area (Å²) in [7, 11) is 0. The van der Waals surface area contributed by atoms with E-state index in [-0.39, 0.29) is 24.2 Å². The molecule has 0 unspecified atom stereocenters. The highest BCUT2D eigenvalue weighted by Crippen LogP contribution is 2.34. The number of benzene rings is 2. The van der Waals surface area contributed by atoms with Crippen LogP contribution in [-0.4, -0.2) is 65.5 Å². The first-order valence-electron chi connectivity index (χ1n) is 11.2. The van der Waals surface area contributed by atoms with Crippen molar-refractivity contribution in [2.24, 2.45) is 5.92 Å². The molecule has 0 saturated heterocycles. The zero-order valence-corrected chi connectivity index (χ0v) is 17.6. The molecule has 6 heteroatoms. The summed E-state index contributed by atoms with van der Waals surface area (Å²) >= 11 is 0. The van der Waals surface area contributed by atoms with E-state index in [9.17, 15) is 14.7 Å². The van der Waals surface area contributed by atoms with E-state index >= 15 is 0 Å². The summed E-state index contributed by atoms with van der Waals surface area (Å²) in [4.78, 5) is 29.3. The number of hydrogen-bond donors (Lipinski definition) is 1. The van der Waals surface area contributed by atoms with Crippen molar-refractivity contribution in [3.05, 3.63) is 64.7 Å². The van der Waals surface area contributed by atoms with Gasteiger partial charge in [0.25, 0.3) is 5.91 Å². The Labute approximate surface area is 182 Å². The van der Waals surface area contributed by atoms with Gasteiger partial charge in [-0.2, -0.15) is 0 Å². The van der Waals surface area contributed by atoms with Crippen molar-refractivity contribution in [2.45, 2.75) is 31.9 Å². The molecule has 1 fully saturated rings. The first kappa shape index (κ1) is 20.2. The molecule has 1 atom stereocenters. The van der Waals surface area contributed by atoms with Gasteiger partial charge in [0.15, 0.2) is 5.78 Å². The van der Waals surface area contributed by atoms with Crippen molar-refractivity contribution in [1.82, 2.24) is 9.80 Å². The normalized spacial score (nSPS) is 19.8. The van der Waals surface area contributed by atoms with Crippen LogP contribution in [0.2, 0.25) is 0 Å². The van der Waals surface area contributed by atoms with Crippen molar-refractivity contribution < 1.29 is 19.4 Å². The van der Waals surface area contributed by atoms with Crippen molar-refractivity contribution in [2.75, 3.05) is 32.8 Å². The summed E-state index contributed by atoms with van der Waals surface area (Å²) in [6.07, 6.45) is 2.24. The Morgan fingerprint density at radius 2 is 1.90 bits per heavy atom. The van der Waals surface area contributed by atoms with Gasteiger partial charge in [0.2, 0.25) is 0 Å². The topological polar surface area (TPSA) is 70.1 Å². The summed E-state index contributed by atoms with van der Waals surface area (Å²) in [5, 5.41) is 10.7. The molecule has 2 aromatic rings. The standard InChI is InChI=1S/C25H28N2O4/c28-21(15-26-10-9-17-3-1-2-4-20(17)14-26)16-27-11-12-31-23-13-19(24(29)18-5-6-18)7-8-22(23)25(27)30/h1-4,7-8,13,18,21,28H,5-6,9-12,14-16H2/t21-/m1/s1. The van der Waals surface area contributed by atoms with Gasteiger partial charge in [-0.25, -0.2) is 0 Å². The molecule has 162 valence electrons. The third-order valence-electron chi connectivity index (χ3n) is 6.46. The zero-order chi connectivity index (χ0) is 21.4. The molecule has 1 saturated carbocycles. The van der Waals surface area contributed by atoms with E-state index in [1.165, 1.54) is 11.1 Å². The van der Waals surface area contributed by atoms with Crippen molar-refractivity contribution >= 4 is 11.7 Å². The lowest BCUT2D eigenvalue weighted by molar-refractivity contribution is 0.0501. The van der Waals surface area contributed by atoms with E-state index in [1.807, 2.05) is 0 Å². The molecule has 6 nitrogen and oxygen atoms in total. The average molecular weight is 421 g/mol. The molecule has 0 aromatic heterocycles. The number of rotatable bonds is 6. The number of fused-ring (bicyclic) bond motifs is 2. The van der Waals surface area contributed by atoms with Crippen molar-refractivity contribution in [3.8, 4) is 5.75 Å². The molecule has 2 heterocycles. The molecule has 0 bridgehead atoms. The number of aliphatic hydroxyl groups excluding tert-OH is 1. The third kappa shape index (κ3) is 4.36. The second kappa shape index (κ2) is 8.44. The highest BCUT2D eigenvalue weighted by Gasteiger charge is 2.32. The largest absolute Gasteiger partial charge is 0.491 e. The van der Waals surface area contributed by atoms with Crippen LogP contribution >= 0.6 is 0 Å². The number of hydrogen-bond acceptors (Lipinski definition) is 5. The Hall–Kier alpha value is -2.70. The molecule has 3 aliphatic rings. The monoisotopic (exact) mass is 420 g/mol. The maximum absolute atomic E-state index is 13.1. The molecule has 1 N–H and O–H groups in total. The molecular formula is C25H28N2O4. The van der Waals surface area contributed by atoms with Crippen LogP contribution in [0.15, 0.2) is 42.5 Å². The highest BCUT2D eigenvalue weighted by atomic mass is 16.5. The van der Waals surface area contributed by atoms with Crippen molar-refractivity contribution in [3.63, 3.8) is 0 Å². The van der Waals surface area contributed by atoms with Gasteiger partial charge in [-0.3, -0.25) is 14.5 Å². The van der Waals surface area contributed by atoms with Crippen LogP contribution in [0.1, 0.15) is 44.7 Å². The smallest absolute Gasteiger partial charge is 0.257 e. The van der Waals surface area contributed by atoms with Crippen LogP contribution < -0.4 is 4.74 Å². The Morgan fingerprint density at radius 3 is 2.71 bits per heavy atom. The van der Waals surface area contributed by atoms with E-state index in [4.69, 9.17) is 4.74 Å². The lowest BCUT2D eigenvalue weighted by Crippen LogP contribution is -2.44. The fourth-order valence-electron chi connectivity index (χ4n) is 4.58. The number of carbonyl (C=O) groups is 2. The Bertz CT molecular complexity index is 1000. The maximum atomic E-state index is 13.1. The van der Waals surface area contributed by atoms with E-state index in [1.54, 1.807) is 23.1 Å². The average Bonchev–Trinajstić information content (AvgIpc) is 3.63. The number of aliphatic hydroxyl groups is 1. The number of carbonyl (C=O) groups excluding carboxylic acids is 2. The molecule has 1 aliphatic carbocycles. The SMILES string of the molecule is O=C(c1ccc2c(c1)OCCN(C[C@H](O)CN1CCc3ccccc3C1)C2=O)C1CC1. The van der Waals surface area contributed by atoms with E-state index in [0.717, 1.165) is 32.4 Å². The summed E-state index contributed by atoms with van der Waals surface area (Å²) in [6, 6.07) is 13.6. The number of nitrogens with zero attached hydrogens (tertiary/aromatic N) is 2. The molecule has 1 amide bonds. The maximum Gasteiger partial charge on any atom is 0.257 e. The Balaban J connectivity index is 1.23. The van der Waals surface area contributed by atoms with Crippen LogP contribution in [0.4, 0.5) is 0 Å². The number of Topliss-reactive ketones (excluding diaryl/α,β-unsaturated/α-hetero) is 1. The predicted molar refractivity (Wildman–Crippen MR) is 116 cm³/mol. The number of amides is 1.